The van der Waals surface area contributed by atoms with Crippen LogP contribution in [0.1, 0.15) is 5.69 Å². The van der Waals surface area contributed by atoms with Crippen LogP contribution in [0.2, 0.25) is 0 Å². The highest BCUT2D eigenvalue weighted by Gasteiger charge is 2.34. The number of halogens is 3. The van der Waals surface area contributed by atoms with Gasteiger partial charge in [0.05, 0.1) is 6.61 Å². The summed E-state index contributed by atoms with van der Waals surface area (Å²) in [5.74, 6) is 0.225. The first-order valence-electron chi connectivity index (χ1n) is 6.66. The molecule has 21 heavy (non-hydrogen) atoms. The zero-order chi connectivity index (χ0) is 15.5. The van der Waals surface area contributed by atoms with Crippen LogP contribution in [0.5, 0.6) is 0 Å². The monoisotopic (exact) mass is 305 g/mol. The Labute approximate surface area is 120 Å². The standard InChI is InChI=1S/C12H18F3N5O/c1-16-11-17-9(12(13,14)15)8-10(18-11)20-4-2-19(3-5-20)6-7-21/h8,21H,2-7H2,1H3,(H,16,17,18). The number of nitrogens with one attached hydrogen (secondary N) is 1. The molecular formula is C12H18F3N5O. The highest BCUT2D eigenvalue weighted by Crippen LogP contribution is 2.30. The molecule has 118 valence electrons. The zero-order valence-corrected chi connectivity index (χ0v) is 11.7. The predicted molar refractivity (Wildman–Crippen MR) is 72.3 cm³/mol. The summed E-state index contributed by atoms with van der Waals surface area (Å²) in [5, 5.41) is 11.4. The lowest BCUT2D eigenvalue weighted by molar-refractivity contribution is -0.141. The molecule has 1 aliphatic heterocycles. The van der Waals surface area contributed by atoms with Crippen molar-refractivity contribution in [3.8, 4) is 0 Å². The van der Waals surface area contributed by atoms with Gasteiger partial charge < -0.3 is 15.3 Å². The first-order valence-corrected chi connectivity index (χ1v) is 6.66. The lowest BCUT2D eigenvalue weighted by Crippen LogP contribution is -2.47. The molecule has 0 atom stereocenters. The van der Waals surface area contributed by atoms with Crippen LogP contribution in [0, 0.1) is 0 Å². The topological polar surface area (TPSA) is 64.5 Å². The minimum Gasteiger partial charge on any atom is -0.395 e. The number of piperazine rings is 1. The second-order valence-corrected chi connectivity index (χ2v) is 4.74. The van der Waals surface area contributed by atoms with E-state index in [0.29, 0.717) is 32.7 Å². The van der Waals surface area contributed by atoms with Gasteiger partial charge in [0, 0.05) is 45.8 Å². The van der Waals surface area contributed by atoms with E-state index in [-0.39, 0.29) is 18.4 Å². The molecule has 0 spiro atoms. The normalized spacial score (nSPS) is 17.1. The number of anilines is 2. The van der Waals surface area contributed by atoms with Crippen molar-refractivity contribution < 1.29 is 18.3 Å². The third-order valence-corrected chi connectivity index (χ3v) is 3.34. The van der Waals surface area contributed by atoms with Crippen molar-refractivity contribution in [1.82, 2.24) is 14.9 Å². The first kappa shape index (κ1) is 15.8. The molecule has 1 aliphatic rings. The van der Waals surface area contributed by atoms with Crippen LogP contribution in [0.15, 0.2) is 6.07 Å². The summed E-state index contributed by atoms with van der Waals surface area (Å²) < 4.78 is 38.5. The van der Waals surface area contributed by atoms with E-state index < -0.39 is 11.9 Å². The summed E-state index contributed by atoms with van der Waals surface area (Å²) >= 11 is 0. The van der Waals surface area contributed by atoms with Gasteiger partial charge in [-0.15, -0.1) is 0 Å². The van der Waals surface area contributed by atoms with Gasteiger partial charge in [0.15, 0.2) is 5.69 Å². The van der Waals surface area contributed by atoms with Crippen LogP contribution in [-0.2, 0) is 6.18 Å². The number of β-amino-alcohol motifs (C(OH)–C–C–N with tert-alkyl or cyclic N) is 1. The minimum atomic E-state index is -4.50. The van der Waals surface area contributed by atoms with E-state index >= 15 is 0 Å². The number of alkyl halides is 3. The van der Waals surface area contributed by atoms with Gasteiger partial charge in [-0.25, -0.2) is 4.98 Å². The van der Waals surface area contributed by atoms with Crippen LogP contribution in [0.25, 0.3) is 0 Å². The van der Waals surface area contributed by atoms with E-state index in [1.54, 1.807) is 4.90 Å². The van der Waals surface area contributed by atoms with Crippen molar-refractivity contribution in [3.05, 3.63) is 11.8 Å². The molecule has 1 aromatic heterocycles. The molecule has 0 unspecified atom stereocenters. The molecule has 2 rings (SSSR count). The maximum atomic E-state index is 12.8. The highest BCUT2D eigenvalue weighted by molar-refractivity contribution is 5.45. The van der Waals surface area contributed by atoms with Gasteiger partial charge in [-0.3, -0.25) is 4.90 Å². The zero-order valence-electron chi connectivity index (χ0n) is 11.7. The molecule has 2 N–H and O–H groups in total. The lowest BCUT2D eigenvalue weighted by atomic mass is 10.3. The number of hydrogen-bond acceptors (Lipinski definition) is 6. The molecule has 0 saturated carbocycles. The van der Waals surface area contributed by atoms with Crippen LogP contribution >= 0.6 is 0 Å². The molecule has 1 saturated heterocycles. The summed E-state index contributed by atoms with van der Waals surface area (Å²) in [7, 11) is 1.48. The second kappa shape index (κ2) is 6.44. The third-order valence-electron chi connectivity index (χ3n) is 3.34. The van der Waals surface area contributed by atoms with Gasteiger partial charge in [-0.05, 0) is 0 Å². The number of aromatic nitrogens is 2. The highest BCUT2D eigenvalue weighted by atomic mass is 19.4. The Morgan fingerprint density at radius 1 is 1.24 bits per heavy atom. The molecule has 0 amide bonds. The summed E-state index contributed by atoms with van der Waals surface area (Å²) in [5.41, 5.74) is -0.949. The van der Waals surface area contributed by atoms with Crippen molar-refractivity contribution in [2.45, 2.75) is 6.18 Å². The van der Waals surface area contributed by atoms with Crippen LogP contribution in [0.3, 0.4) is 0 Å². The summed E-state index contributed by atoms with van der Waals surface area (Å²) in [6.45, 7) is 3.15. The number of aliphatic hydroxyl groups is 1. The summed E-state index contributed by atoms with van der Waals surface area (Å²) in [6.07, 6.45) is -4.50. The lowest BCUT2D eigenvalue weighted by Gasteiger charge is -2.35. The van der Waals surface area contributed by atoms with Crippen molar-refractivity contribution in [2.75, 3.05) is 56.6 Å². The second-order valence-electron chi connectivity index (χ2n) is 4.74. The Kier molecular flexibility index (Phi) is 4.84. The molecule has 9 heteroatoms. The van der Waals surface area contributed by atoms with E-state index in [1.807, 2.05) is 0 Å². The minimum absolute atomic E-state index is 0.0439. The van der Waals surface area contributed by atoms with Gasteiger partial charge in [-0.1, -0.05) is 0 Å². The van der Waals surface area contributed by atoms with E-state index in [1.165, 1.54) is 7.05 Å². The Hall–Kier alpha value is -1.61. The average molecular weight is 305 g/mol. The maximum Gasteiger partial charge on any atom is 0.433 e. The van der Waals surface area contributed by atoms with Crippen LogP contribution in [0.4, 0.5) is 24.9 Å². The van der Waals surface area contributed by atoms with Crippen molar-refractivity contribution in [1.29, 1.82) is 0 Å². The molecule has 0 aliphatic carbocycles. The Morgan fingerprint density at radius 3 is 2.43 bits per heavy atom. The third kappa shape index (κ3) is 3.94. The molecule has 0 bridgehead atoms. The van der Waals surface area contributed by atoms with E-state index in [9.17, 15) is 13.2 Å². The van der Waals surface area contributed by atoms with Gasteiger partial charge in [0.2, 0.25) is 5.95 Å². The van der Waals surface area contributed by atoms with Crippen LogP contribution in [-0.4, -0.2) is 66.4 Å². The number of aliphatic hydroxyl groups excluding tert-OH is 1. The Morgan fingerprint density at radius 2 is 1.90 bits per heavy atom. The molecular weight excluding hydrogens is 287 g/mol. The van der Waals surface area contributed by atoms with E-state index in [4.69, 9.17) is 5.11 Å². The number of rotatable bonds is 4. The molecule has 6 nitrogen and oxygen atoms in total. The van der Waals surface area contributed by atoms with Gasteiger partial charge in [0.1, 0.15) is 5.82 Å². The summed E-state index contributed by atoms with van der Waals surface area (Å²) in [6, 6.07) is 0.975. The molecule has 1 aromatic rings. The van der Waals surface area contributed by atoms with Gasteiger partial charge in [0.25, 0.3) is 0 Å². The molecule has 2 heterocycles. The smallest absolute Gasteiger partial charge is 0.395 e. The number of hydrogen-bond donors (Lipinski definition) is 2. The van der Waals surface area contributed by atoms with E-state index in [0.717, 1.165) is 6.07 Å². The molecule has 0 radical (unpaired) electrons. The SMILES string of the molecule is CNc1nc(N2CCN(CCO)CC2)cc(C(F)(F)F)n1. The predicted octanol–water partition coefficient (Wildman–Crippen LogP) is 0.651. The van der Waals surface area contributed by atoms with Crippen molar-refractivity contribution >= 4 is 11.8 Å². The molecule has 1 fully saturated rings. The van der Waals surface area contributed by atoms with E-state index in [2.05, 4.69) is 20.2 Å². The quantitative estimate of drug-likeness (QED) is 0.852. The Balaban J connectivity index is 2.16. The largest absolute Gasteiger partial charge is 0.433 e. The van der Waals surface area contributed by atoms with Crippen molar-refractivity contribution in [3.63, 3.8) is 0 Å². The van der Waals surface area contributed by atoms with Crippen LogP contribution < -0.4 is 10.2 Å². The Bertz CT molecular complexity index is 474. The summed E-state index contributed by atoms with van der Waals surface area (Å²) in [4.78, 5) is 11.4. The maximum absolute atomic E-state index is 12.8. The number of nitrogens with zero attached hydrogens (tertiary/aromatic N) is 4. The molecule has 0 aromatic carbocycles. The average Bonchev–Trinajstić information content (AvgIpc) is 2.47. The van der Waals surface area contributed by atoms with Crippen molar-refractivity contribution in [2.24, 2.45) is 0 Å². The van der Waals surface area contributed by atoms with Gasteiger partial charge >= 0.3 is 6.18 Å². The fourth-order valence-corrected chi connectivity index (χ4v) is 2.20. The fourth-order valence-electron chi connectivity index (χ4n) is 2.20. The first-order chi connectivity index (χ1) is 9.94. The fraction of sp³-hybridized carbons (Fsp3) is 0.667. The van der Waals surface area contributed by atoms with Gasteiger partial charge in [-0.2, -0.15) is 18.2 Å².